The lowest BCUT2D eigenvalue weighted by atomic mass is 10.0. The second-order valence-electron chi connectivity index (χ2n) is 5.27. The van der Waals surface area contributed by atoms with E-state index in [1.165, 1.54) is 11.1 Å². The fourth-order valence-corrected chi connectivity index (χ4v) is 2.17. The van der Waals surface area contributed by atoms with Gasteiger partial charge in [-0.1, -0.05) is 68.4 Å². The van der Waals surface area contributed by atoms with Crippen LogP contribution in [-0.2, 0) is 0 Å². The molecule has 0 unspecified atom stereocenters. The minimum atomic E-state index is 0.301. The van der Waals surface area contributed by atoms with Gasteiger partial charge in [-0.2, -0.15) is 0 Å². The Kier molecular flexibility index (Phi) is 3.73. The smallest absolute Gasteiger partial charge is 0.163 e. The molecule has 3 rings (SSSR count). The number of hydrogen-bond donors (Lipinski definition) is 0. The van der Waals surface area contributed by atoms with Crippen molar-refractivity contribution in [3.63, 3.8) is 0 Å². The van der Waals surface area contributed by atoms with Crippen LogP contribution in [-0.4, -0.2) is 15.0 Å². The number of rotatable bonds is 3. The first-order valence-electron chi connectivity index (χ1n) is 7.09. The van der Waals surface area contributed by atoms with Gasteiger partial charge in [-0.3, -0.25) is 0 Å². The molecule has 2 aromatic carbocycles. The quantitative estimate of drug-likeness (QED) is 0.714. The van der Waals surface area contributed by atoms with E-state index in [2.05, 4.69) is 65.2 Å². The van der Waals surface area contributed by atoms with Gasteiger partial charge in [0.2, 0.25) is 0 Å². The van der Waals surface area contributed by atoms with Gasteiger partial charge in [0, 0.05) is 11.5 Å². The molecule has 0 spiro atoms. The highest BCUT2D eigenvalue weighted by molar-refractivity contribution is 5.67. The van der Waals surface area contributed by atoms with E-state index in [9.17, 15) is 0 Å². The van der Waals surface area contributed by atoms with Gasteiger partial charge < -0.3 is 0 Å². The molecule has 1 aromatic heterocycles. The van der Waals surface area contributed by atoms with Crippen LogP contribution in [0.25, 0.3) is 22.5 Å². The topological polar surface area (TPSA) is 38.7 Å². The molecule has 0 aliphatic heterocycles. The molecule has 1 heterocycles. The van der Waals surface area contributed by atoms with E-state index in [4.69, 9.17) is 0 Å². The summed E-state index contributed by atoms with van der Waals surface area (Å²) in [6, 6.07) is 18.6. The monoisotopic (exact) mass is 275 g/mol. The number of nitrogens with zero attached hydrogens (tertiary/aromatic N) is 3. The van der Waals surface area contributed by atoms with E-state index < -0.39 is 0 Å². The molecule has 0 aliphatic rings. The fourth-order valence-electron chi connectivity index (χ4n) is 2.17. The molecule has 0 aliphatic carbocycles. The standard InChI is InChI=1S/C18H17N3/c1-13(2)17-19-12-20-18(21-17)16-10-8-15(9-11-16)14-6-4-3-5-7-14/h3-13H,1-2H3. The molecule has 0 bridgehead atoms. The molecule has 0 amide bonds. The lowest BCUT2D eigenvalue weighted by Crippen LogP contribution is -2.00. The summed E-state index contributed by atoms with van der Waals surface area (Å²) in [6.45, 7) is 4.16. The first-order valence-corrected chi connectivity index (χ1v) is 7.09. The highest BCUT2D eigenvalue weighted by atomic mass is 15.0. The molecular formula is C18H17N3. The summed E-state index contributed by atoms with van der Waals surface area (Å²) in [6.07, 6.45) is 1.59. The maximum Gasteiger partial charge on any atom is 0.163 e. The maximum atomic E-state index is 4.52. The molecule has 0 N–H and O–H groups in total. The molecule has 0 saturated carbocycles. The second-order valence-corrected chi connectivity index (χ2v) is 5.27. The Balaban J connectivity index is 1.93. The van der Waals surface area contributed by atoms with Crippen molar-refractivity contribution in [2.45, 2.75) is 19.8 Å². The van der Waals surface area contributed by atoms with Gasteiger partial charge in [0.1, 0.15) is 12.2 Å². The van der Waals surface area contributed by atoms with Crippen molar-refractivity contribution in [1.82, 2.24) is 15.0 Å². The fraction of sp³-hybridized carbons (Fsp3) is 0.167. The second kappa shape index (κ2) is 5.83. The van der Waals surface area contributed by atoms with Crippen molar-refractivity contribution >= 4 is 0 Å². The lowest BCUT2D eigenvalue weighted by molar-refractivity contribution is 0.762. The predicted octanol–water partition coefficient (Wildman–Crippen LogP) is 4.33. The van der Waals surface area contributed by atoms with Gasteiger partial charge in [-0.05, 0) is 11.1 Å². The summed E-state index contributed by atoms with van der Waals surface area (Å²) in [5.41, 5.74) is 3.42. The van der Waals surface area contributed by atoms with E-state index in [-0.39, 0.29) is 0 Å². The summed E-state index contributed by atoms with van der Waals surface area (Å²) >= 11 is 0. The Labute approximate surface area is 124 Å². The van der Waals surface area contributed by atoms with Crippen molar-refractivity contribution in [2.24, 2.45) is 0 Å². The van der Waals surface area contributed by atoms with Gasteiger partial charge in [0.05, 0.1) is 0 Å². The summed E-state index contributed by atoms with van der Waals surface area (Å²) in [5.74, 6) is 1.86. The average Bonchev–Trinajstić information content (AvgIpc) is 2.56. The van der Waals surface area contributed by atoms with Crippen LogP contribution in [0.3, 0.4) is 0 Å². The van der Waals surface area contributed by atoms with Crippen molar-refractivity contribution in [3.8, 4) is 22.5 Å². The summed E-state index contributed by atoms with van der Waals surface area (Å²) in [5, 5.41) is 0. The Bertz CT molecular complexity index is 719. The van der Waals surface area contributed by atoms with Crippen molar-refractivity contribution in [1.29, 1.82) is 0 Å². The van der Waals surface area contributed by atoms with Crippen LogP contribution in [0.5, 0.6) is 0 Å². The third-order valence-corrected chi connectivity index (χ3v) is 3.36. The number of aromatic nitrogens is 3. The Hall–Kier alpha value is -2.55. The lowest BCUT2D eigenvalue weighted by Gasteiger charge is -2.06. The zero-order chi connectivity index (χ0) is 14.7. The summed E-state index contributed by atoms with van der Waals surface area (Å²) < 4.78 is 0. The van der Waals surface area contributed by atoms with Crippen molar-refractivity contribution < 1.29 is 0 Å². The number of hydrogen-bond acceptors (Lipinski definition) is 3. The minimum Gasteiger partial charge on any atom is -0.221 e. The van der Waals surface area contributed by atoms with Crippen LogP contribution in [0, 0.1) is 0 Å². The first kappa shape index (κ1) is 13.4. The Morgan fingerprint density at radius 2 is 1.33 bits per heavy atom. The van der Waals surface area contributed by atoms with Crippen molar-refractivity contribution in [2.75, 3.05) is 0 Å². The van der Waals surface area contributed by atoms with E-state index in [1.54, 1.807) is 6.33 Å². The van der Waals surface area contributed by atoms with Crippen LogP contribution in [0.2, 0.25) is 0 Å². The molecule has 0 fully saturated rings. The average molecular weight is 275 g/mol. The molecule has 3 aromatic rings. The van der Waals surface area contributed by atoms with Gasteiger partial charge in [0.15, 0.2) is 5.82 Å². The SMILES string of the molecule is CC(C)c1ncnc(-c2ccc(-c3ccccc3)cc2)n1. The normalized spacial score (nSPS) is 10.8. The van der Waals surface area contributed by atoms with E-state index in [1.807, 2.05) is 18.2 Å². The first-order chi connectivity index (χ1) is 10.2. The van der Waals surface area contributed by atoms with Gasteiger partial charge >= 0.3 is 0 Å². The molecule has 0 radical (unpaired) electrons. The van der Waals surface area contributed by atoms with Crippen molar-refractivity contribution in [3.05, 3.63) is 66.7 Å². The third kappa shape index (κ3) is 2.97. The van der Waals surface area contributed by atoms with Crippen LogP contribution < -0.4 is 0 Å². The summed E-state index contributed by atoms with van der Waals surface area (Å²) in [4.78, 5) is 13.0. The molecule has 104 valence electrons. The van der Waals surface area contributed by atoms with E-state index in [0.717, 1.165) is 17.2 Å². The highest BCUT2D eigenvalue weighted by Crippen LogP contribution is 2.23. The highest BCUT2D eigenvalue weighted by Gasteiger charge is 2.07. The number of benzene rings is 2. The molecule has 21 heavy (non-hydrogen) atoms. The van der Waals surface area contributed by atoms with Crippen LogP contribution in [0.15, 0.2) is 60.9 Å². The van der Waals surface area contributed by atoms with Crippen LogP contribution in [0.4, 0.5) is 0 Å². The van der Waals surface area contributed by atoms with Gasteiger partial charge in [-0.15, -0.1) is 0 Å². The maximum absolute atomic E-state index is 4.52. The Morgan fingerprint density at radius 3 is 2.00 bits per heavy atom. The molecular weight excluding hydrogens is 258 g/mol. The van der Waals surface area contributed by atoms with Gasteiger partial charge in [-0.25, -0.2) is 15.0 Å². The van der Waals surface area contributed by atoms with Crippen LogP contribution in [0.1, 0.15) is 25.6 Å². The zero-order valence-corrected chi connectivity index (χ0v) is 12.2. The van der Waals surface area contributed by atoms with E-state index in [0.29, 0.717) is 5.92 Å². The zero-order valence-electron chi connectivity index (χ0n) is 12.2. The predicted molar refractivity (Wildman–Crippen MR) is 84.8 cm³/mol. The molecule has 0 saturated heterocycles. The van der Waals surface area contributed by atoms with Gasteiger partial charge in [0.25, 0.3) is 0 Å². The Morgan fingerprint density at radius 1 is 0.714 bits per heavy atom. The summed E-state index contributed by atoms with van der Waals surface area (Å²) in [7, 11) is 0. The largest absolute Gasteiger partial charge is 0.221 e. The van der Waals surface area contributed by atoms with Crippen LogP contribution >= 0.6 is 0 Å². The minimum absolute atomic E-state index is 0.301. The third-order valence-electron chi connectivity index (χ3n) is 3.36. The molecule has 0 atom stereocenters. The molecule has 3 nitrogen and oxygen atoms in total. The molecule has 3 heteroatoms. The van der Waals surface area contributed by atoms with E-state index >= 15 is 0 Å².